The van der Waals surface area contributed by atoms with Crippen LogP contribution in [-0.2, 0) is 0 Å². The summed E-state index contributed by atoms with van der Waals surface area (Å²) in [6.07, 6.45) is 4.47. The second-order valence-electron chi connectivity index (χ2n) is 5.61. The summed E-state index contributed by atoms with van der Waals surface area (Å²) in [5, 5.41) is 0. The molecule has 1 saturated heterocycles. The lowest BCUT2D eigenvalue weighted by molar-refractivity contribution is 0.125. The van der Waals surface area contributed by atoms with Crippen molar-refractivity contribution in [2.24, 2.45) is 5.73 Å². The molecular formula is C16H24F2N2. The van der Waals surface area contributed by atoms with Gasteiger partial charge in [-0.3, -0.25) is 4.90 Å². The molecule has 0 saturated carbocycles. The highest BCUT2D eigenvalue weighted by Gasteiger charge is 2.31. The van der Waals surface area contributed by atoms with Crippen LogP contribution in [0.15, 0.2) is 18.2 Å². The summed E-state index contributed by atoms with van der Waals surface area (Å²) in [7, 11) is 0. The summed E-state index contributed by atoms with van der Waals surface area (Å²) in [5.74, 6) is -1.05. The molecule has 1 heterocycles. The van der Waals surface area contributed by atoms with Gasteiger partial charge >= 0.3 is 0 Å². The van der Waals surface area contributed by atoms with Crippen molar-refractivity contribution < 1.29 is 8.78 Å². The molecule has 0 radical (unpaired) electrons. The lowest BCUT2D eigenvalue weighted by atomic mass is 9.84. The largest absolute Gasteiger partial charge is 0.330 e. The Morgan fingerprint density at radius 3 is 2.80 bits per heavy atom. The van der Waals surface area contributed by atoms with Gasteiger partial charge < -0.3 is 5.73 Å². The van der Waals surface area contributed by atoms with Gasteiger partial charge in [-0.05, 0) is 44.0 Å². The first-order valence-electron chi connectivity index (χ1n) is 7.56. The van der Waals surface area contributed by atoms with Crippen molar-refractivity contribution in [1.82, 2.24) is 4.90 Å². The van der Waals surface area contributed by atoms with E-state index in [0.717, 1.165) is 38.4 Å². The zero-order chi connectivity index (χ0) is 14.5. The van der Waals surface area contributed by atoms with Crippen LogP contribution >= 0.6 is 0 Å². The van der Waals surface area contributed by atoms with Crippen LogP contribution in [0.1, 0.15) is 44.1 Å². The number of hydrogen-bond donors (Lipinski definition) is 1. The molecule has 0 amide bonds. The number of rotatable bonds is 5. The van der Waals surface area contributed by atoms with Gasteiger partial charge in [-0.1, -0.05) is 19.4 Å². The lowest BCUT2D eigenvalue weighted by Gasteiger charge is -2.40. The Kier molecular flexibility index (Phi) is 5.49. The minimum absolute atomic E-state index is 0.0533. The van der Waals surface area contributed by atoms with Gasteiger partial charge in [0, 0.05) is 24.6 Å². The number of nitrogens with zero attached hydrogens (tertiary/aromatic N) is 1. The maximum atomic E-state index is 14.0. The van der Waals surface area contributed by atoms with Crippen molar-refractivity contribution in [3.05, 3.63) is 35.4 Å². The van der Waals surface area contributed by atoms with E-state index in [1.807, 2.05) is 0 Å². The van der Waals surface area contributed by atoms with Gasteiger partial charge in [0.05, 0.1) is 0 Å². The van der Waals surface area contributed by atoms with Crippen molar-refractivity contribution >= 4 is 0 Å². The van der Waals surface area contributed by atoms with Crippen LogP contribution in [0.4, 0.5) is 8.78 Å². The van der Waals surface area contributed by atoms with Crippen LogP contribution in [0, 0.1) is 11.6 Å². The molecule has 1 aliphatic rings. The van der Waals surface area contributed by atoms with Crippen LogP contribution in [0.2, 0.25) is 0 Å². The van der Waals surface area contributed by atoms with Gasteiger partial charge in [-0.2, -0.15) is 0 Å². The van der Waals surface area contributed by atoms with E-state index in [2.05, 4.69) is 11.8 Å². The van der Waals surface area contributed by atoms with E-state index in [0.29, 0.717) is 12.1 Å². The second-order valence-corrected chi connectivity index (χ2v) is 5.61. The average Bonchev–Trinajstić information content (AvgIpc) is 2.44. The van der Waals surface area contributed by atoms with E-state index >= 15 is 0 Å². The SMILES string of the molecule is CCCN1CCCCC1C(CN)c1ccc(F)cc1F. The molecular weight excluding hydrogens is 258 g/mol. The molecule has 2 atom stereocenters. The van der Waals surface area contributed by atoms with Gasteiger partial charge in [0.25, 0.3) is 0 Å². The van der Waals surface area contributed by atoms with E-state index in [1.165, 1.54) is 12.5 Å². The van der Waals surface area contributed by atoms with E-state index in [9.17, 15) is 8.78 Å². The second kappa shape index (κ2) is 7.14. The normalized spacial score (nSPS) is 21.9. The summed E-state index contributed by atoms with van der Waals surface area (Å²) < 4.78 is 27.1. The first-order valence-corrected chi connectivity index (χ1v) is 7.56. The Bertz CT molecular complexity index is 434. The molecule has 2 unspecified atom stereocenters. The molecule has 20 heavy (non-hydrogen) atoms. The Labute approximate surface area is 120 Å². The van der Waals surface area contributed by atoms with Gasteiger partial charge in [0.2, 0.25) is 0 Å². The summed E-state index contributed by atoms with van der Waals surface area (Å²) in [6.45, 7) is 4.62. The summed E-state index contributed by atoms with van der Waals surface area (Å²) in [4.78, 5) is 2.42. The van der Waals surface area contributed by atoms with E-state index in [4.69, 9.17) is 5.73 Å². The fourth-order valence-electron chi connectivity index (χ4n) is 3.33. The van der Waals surface area contributed by atoms with Crippen LogP contribution in [0.3, 0.4) is 0 Å². The predicted molar refractivity (Wildman–Crippen MR) is 77.7 cm³/mol. The standard InChI is InChI=1S/C16H24F2N2/c1-2-8-20-9-4-3-5-16(20)14(11-19)13-7-6-12(17)10-15(13)18/h6-7,10,14,16H,2-5,8-9,11,19H2,1H3. The van der Waals surface area contributed by atoms with E-state index in [-0.39, 0.29) is 12.0 Å². The van der Waals surface area contributed by atoms with Crippen molar-refractivity contribution in [2.75, 3.05) is 19.6 Å². The monoisotopic (exact) mass is 282 g/mol. The molecule has 0 bridgehead atoms. The number of hydrogen-bond acceptors (Lipinski definition) is 2. The maximum absolute atomic E-state index is 14.0. The maximum Gasteiger partial charge on any atom is 0.129 e. The highest BCUT2D eigenvalue weighted by molar-refractivity contribution is 5.25. The van der Waals surface area contributed by atoms with Gasteiger partial charge in [0.15, 0.2) is 0 Å². The Balaban J connectivity index is 2.25. The molecule has 0 aromatic heterocycles. The smallest absolute Gasteiger partial charge is 0.129 e. The van der Waals surface area contributed by atoms with Gasteiger partial charge in [0.1, 0.15) is 11.6 Å². The topological polar surface area (TPSA) is 29.3 Å². The summed E-state index contributed by atoms with van der Waals surface area (Å²) in [6, 6.07) is 4.12. The fourth-order valence-corrected chi connectivity index (χ4v) is 3.33. The average molecular weight is 282 g/mol. The third kappa shape index (κ3) is 3.36. The number of likely N-dealkylation sites (tertiary alicyclic amines) is 1. The quantitative estimate of drug-likeness (QED) is 0.898. The van der Waals surface area contributed by atoms with E-state index < -0.39 is 11.6 Å². The summed E-state index contributed by atoms with van der Waals surface area (Å²) >= 11 is 0. The highest BCUT2D eigenvalue weighted by Crippen LogP contribution is 2.31. The molecule has 4 heteroatoms. The molecule has 1 aromatic rings. The van der Waals surface area contributed by atoms with Crippen LogP contribution in [0.25, 0.3) is 0 Å². The first-order chi connectivity index (χ1) is 9.67. The molecule has 1 fully saturated rings. The van der Waals surface area contributed by atoms with Crippen molar-refractivity contribution in [1.29, 1.82) is 0 Å². The zero-order valence-electron chi connectivity index (χ0n) is 12.1. The van der Waals surface area contributed by atoms with Crippen LogP contribution in [-0.4, -0.2) is 30.6 Å². The Morgan fingerprint density at radius 2 is 2.15 bits per heavy atom. The lowest BCUT2D eigenvalue weighted by Crippen LogP contribution is -2.45. The zero-order valence-corrected chi connectivity index (χ0v) is 12.1. The van der Waals surface area contributed by atoms with Crippen molar-refractivity contribution in [2.45, 2.75) is 44.6 Å². The van der Waals surface area contributed by atoms with E-state index in [1.54, 1.807) is 6.07 Å². The number of halogens is 2. The van der Waals surface area contributed by atoms with Crippen molar-refractivity contribution in [3.8, 4) is 0 Å². The van der Waals surface area contributed by atoms with Gasteiger partial charge in [-0.15, -0.1) is 0 Å². The first kappa shape index (κ1) is 15.4. The third-order valence-corrected chi connectivity index (χ3v) is 4.26. The minimum atomic E-state index is -0.531. The predicted octanol–water partition coefficient (Wildman–Crippen LogP) is 3.27. The number of nitrogens with two attached hydrogens (primary N) is 1. The fraction of sp³-hybridized carbons (Fsp3) is 0.625. The Hall–Kier alpha value is -1.00. The Morgan fingerprint density at radius 1 is 1.35 bits per heavy atom. The molecule has 2 N–H and O–H groups in total. The highest BCUT2D eigenvalue weighted by atomic mass is 19.1. The van der Waals surface area contributed by atoms with Crippen LogP contribution in [0.5, 0.6) is 0 Å². The molecule has 2 nitrogen and oxygen atoms in total. The molecule has 0 aliphatic carbocycles. The van der Waals surface area contributed by atoms with Crippen molar-refractivity contribution in [3.63, 3.8) is 0 Å². The minimum Gasteiger partial charge on any atom is -0.330 e. The molecule has 1 aromatic carbocycles. The van der Waals surface area contributed by atoms with Gasteiger partial charge in [-0.25, -0.2) is 8.78 Å². The van der Waals surface area contributed by atoms with Crippen LogP contribution < -0.4 is 5.73 Å². The number of piperidine rings is 1. The molecule has 1 aliphatic heterocycles. The molecule has 2 rings (SSSR count). The third-order valence-electron chi connectivity index (χ3n) is 4.26. The summed E-state index contributed by atoms with van der Waals surface area (Å²) in [5.41, 5.74) is 6.47. The molecule has 112 valence electrons. The number of benzene rings is 1. The molecule has 0 spiro atoms.